The van der Waals surface area contributed by atoms with Crippen molar-refractivity contribution in [3.05, 3.63) is 41.7 Å². The Morgan fingerprint density at radius 2 is 2.05 bits per heavy atom. The molecule has 0 saturated carbocycles. The topological polar surface area (TPSA) is 39.4 Å². The Kier molecular flexibility index (Phi) is 4.73. The van der Waals surface area contributed by atoms with Gasteiger partial charge in [0, 0.05) is 12.4 Å². The molecule has 5 heteroatoms. The molecule has 106 valence electrons. The summed E-state index contributed by atoms with van der Waals surface area (Å²) >= 11 is 0. The van der Waals surface area contributed by atoms with Crippen LogP contribution in [-0.2, 0) is 6.54 Å². The molecule has 0 atom stereocenters. The molecule has 0 aliphatic heterocycles. The van der Waals surface area contributed by atoms with Gasteiger partial charge in [-0.1, -0.05) is 12.1 Å². The molecular weight excluding hydrogens is 266 g/mol. The van der Waals surface area contributed by atoms with Gasteiger partial charge in [-0.15, -0.1) is 0 Å². The van der Waals surface area contributed by atoms with Gasteiger partial charge in [0.15, 0.2) is 0 Å². The third-order valence-corrected chi connectivity index (χ3v) is 3.64. The Hall–Kier alpha value is -1.88. The first kappa shape index (κ1) is 14.5. The number of aliphatic imine (C=N–C) groups is 1. The highest BCUT2D eigenvalue weighted by atomic mass is 28.3. The van der Waals surface area contributed by atoms with Crippen molar-refractivity contribution in [3.63, 3.8) is 0 Å². The van der Waals surface area contributed by atoms with Crippen LogP contribution in [0.15, 0.2) is 35.5 Å². The molecule has 0 N–H and O–H groups in total. The van der Waals surface area contributed by atoms with Gasteiger partial charge in [-0.05, 0) is 44.6 Å². The first-order valence-corrected chi connectivity index (χ1v) is 9.63. The highest BCUT2D eigenvalue weighted by Gasteiger charge is 2.04. The third kappa shape index (κ3) is 3.80. The summed E-state index contributed by atoms with van der Waals surface area (Å²) in [5.41, 5.74) is 3.15. The number of nitrogens with zero attached hydrogens (tertiary/aromatic N) is 3. The summed E-state index contributed by atoms with van der Waals surface area (Å²) in [6.45, 7) is 9.04. The maximum Gasteiger partial charge on any atom is 0.229 e. The van der Waals surface area contributed by atoms with Crippen LogP contribution >= 0.6 is 0 Å². The van der Waals surface area contributed by atoms with Gasteiger partial charge >= 0.3 is 0 Å². The monoisotopic (exact) mass is 287 g/mol. The maximum atomic E-state index is 5.87. The highest BCUT2D eigenvalue weighted by molar-refractivity contribution is 6.49. The Morgan fingerprint density at radius 1 is 1.30 bits per heavy atom. The molecule has 0 aliphatic rings. The van der Waals surface area contributed by atoms with Crippen LogP contribution in [0, 0.1) is 13.8 Å². The lowest BCUT2D eigenvalue weighted by Gasteiger charge is -2.11. The van der Waals surface area contributed by atoms with E-state index in [1.54, 1.807) is 0 Å². The van der Waals surface area contributed by atoms with E-state index < -0.39 is 9.04 Å². The van der Waals surface area contributed by atoms with Crippen molar-refractivity contribution in [2.45, 2.75) is 33.5 Å². The minimum Gasteiger partial charge on any atom is -0.546 e. The van der Waals surface area contributed by atoms with Crippen molar-refractivity contribution in [2.24, 2.45) is 4.99 Å². The van der Waals surface area contributed by atoms with Gasteiger partial charge in [0.1, 0.15) is 11.4 Å². The van der Waals surface area contributed by atoms with E-state index in [9.17, 15) is 0 Å². The van der Waals surface area contributed by atoms with Gasteiger partial charge in [-0.3, -0.25) is 9.67 Å². The van der Waals surface area contributed by atoms with E-state index in [2.05, 4.69) is 30.1 Å². The molecule has 0 amide bonds. The van der Waals surface area contributed by atoms with Crippen molar-refractivity contribution in [1.29, 1.82) is 0 Å². The number of benzene rings is 1. The molecule has 0 unspecified atom stereocenters. The lowest BCUT2D eigenvalue weighted by molar-refractivity contribution is 0.582. The second kappa shape index (κ2) is 6.52. The lowest BCUT2D eigenvalue weighted by Crippen LogP contribution is -2.11. The van der Waals surface area contributed by atoms with E-state index in [0.29, 0.717) is 6.54 Å². The fourth-order valence-electron chi connectivity index (χ4n) is 1.85. The molecule has 0 spiro atoms. The van der Waals surface area contributed by atoms with Gasteiger partial charge in [0.05, 0.1) is 12.2 Å². The van der Waals surface area contributed by atoms with E-state index >= 15 is 0 Å². The molecule has 4 nitrogen and oxygen atoms in total. The fourth-order valence-corrected chi connectivity index (χ4v) is 2.56. The molecule has 0 aliphatic carbocycles. The van der Waals surface area contributed by atoms with E-state index in [-0.39, 0.29) is 0 Å². The quantitative estimate of drug-likeness (QED) is 0.625. The minimum absolute atomic E-state index is 0.669. The van der Waals surface area contributed by atoms with Gasteiger partial charge < -0.3 is 4.43 Å². The van der Waals surface area contributed by atoms with Crippen LogP contribution in [-0.4, -0.2) is 25.0 Å². The second-order valence-electron chi connectivity index (χ2n) is 5.07. The summed E-state index contributed by atoms with van der Waals surface area (Å²) in [6, 6.07) is 7.90. The average molecular weight is 287 g/mol. The van der Waals surface area contributed by atoms with Crippen LogP contribution in [0.2, 0.25) is 13.1 Å². The van der Waals surface area contributed by atoms with Gasteiger partial charge in [-0.2, -0.15) is 5.10 Å². The van der Waals surface area contributed by atoms with Crippen molar-refractivity contribution in [3.8, 4) is 5.75 Å². The van der Waals surface area contributed by atoms with Crippen molar-refractivity contribution < 1.29 is 4.43 Å². The maximum absolute atomic E-state index is 5.87. The summed E-state index contributed by atoms with van der Waals surface area (Å²) in [6.07, 6.45) is 3.90. The van der Waals surface area contributed by atoms with Crippen LogP contribution in [0.3, 0.4) is 0 Å². The van der Waals surface area contributed by atoms with E-state index in [1.807, 2.05) is 48.3 Å². The molecule has 1 aromatic carbocycles. The molecule has 1 heterocycles. The summed E-state index contributed by atoms with van der Waals surface area (Å²) in [5.74, 6) is 0.873. The molecule has 1 aromatic heterocycles. The Bertz CT molecular complexity index is 585. The molecule has 0 radical (unpaired) electrons. The van der Waals surface area contributed by atoms with Crippen LogP contribution in [0.5, 0.6) is 5.75 Å². The van der Waals surface area contributed by atoms with Crippen molar-refractivity contribution in [1.82, 2.24) is 9.78 Å². The minimum atomic E-state index is -1.11. The van der Waals surface area contributed by atoms with E-state index in [0.717, 1.165) is 17.1 Å². The number of aromatic nitrogens is 2. The van der Waals surface area contributed by atoms with Crippen LogP contribution < -0.4 is 4.43 Å². The van der Waals surface area contributed by atoms with Crippen molar-refractivity contribution in [2.75, 3.05) is 0 Å². The summed E-state index contributed by atoms with van der Waals surface area (Å²) < 4.78 is 7.77. The normalized spacial score (nSPS) is 11.4. The Balaban J connectivity index is 2.07. The van der Waals surface area contributed by atoms with E-state index in [4.69, 9.17) is 4.43 Å². The van der Waals surface area contributed by atoms with Crippen LogP contribution in [0.25, 0.3) is 0 Å². The predicted molar refractivity (Wildman–Crippen MR) is 85.8 cm³/mol. The summed E-state index contributed by atoms with van der Waals surface area (Å²) in [7, 11) is -1.11. The number of para-hydroxylation sites is 2. The second-order valence-corrected chi connectivity index (χ2v) is 7.40. The largest absolute Gasteiger partial charge is 0.546 e. The first-order valence-electron chi connectivity index (χ1n) is 6.85. The smallest absolute Gasteiger partial charge is 0.229 e. The zero-order chi connectivity index (χ0) is 14.5. The first-order chi connectivity index (χ1) is 9.56. The third-order valence-electron chi connectivity index (χ3n) is 2.92. The molecule has 0 bridgehead atoms. The summed E-state index contributed by atoms with van der Waals surface area (Å²) in [4.78, 5) is 4.50. The Labute approximate surface area is 121 Å². The molecule has 0 fully saturated rings. The molecule has 2 rings (SSSR count). The number of hydrogen-bond donors (Lipinski definition) is 0. The van der Waals surface area contributed by atoms with Gasteiger partial charge in [-0.25, -0.2) is 0 Å². The van der Waals surface area contributed by atoms with E-state index in [1.165, 1.54) is 5.56 Å². The zero-order valence-electron chi connectivity index (χ0n) is 12.5. The zero-order valence-corrected chi connectivity index (χ0v) is 13.7. The molecule has 0 saturated heterocycles. The predicted octanol–water partition coefficient (Wildman–Crippen LogP) is 3.26. The van der Waals surface area contributed by atoms with Crippen molar-refractivity contribution >= 4 is 20.9 Å². The Morgan fingerprint density at radius 3 is 2.70 bits per heavy atom. The van der Waals surface area contributed by atoms with Crippen LogP contribution in [0.4, 0.5) is 5.69 Å². The number of hydrogen-bond acceptors (Lipinski definition) is 3. The average Bonchev–Trinajstić information content (AvgIpc) is 2.70. The molecule has 20 heavy (non-hydrogen) atoms. The van der Waals surface area contributed by atoms with Gasteiger partial charge in [0.25, 0.3) is 0 Å². The lowest BCUT2D eigenvalue weighted by atomic mass is 10.3. The van der Waals surface area contributed by atoms with Gasteiger partial charge in [0.2, 0.25) is 9.04 Å². The molecular formula is C15H21N3OSi. The fraction of sp³-hybridized carbons (Fsp3) is 0.333. The standard InChI is InChI=1S/C15H21N3OSi/c1-12-11-18(17-13(12)2)10-9-16-14-7-5-6-8-15(14)19-20(3)4/h5-9,11,20H,10H2,1-4H3. The number of rotatable bonds is 5. The van der Waals surface area contributed by atoms with Crippen LogP contribution in [0.1, 0.15) is 11.3 Å². The summed E-state index contributed by atoms with van der Waals surface area (Å²) in [5, 5.41) is 4.41. The SMILES string of the molecule is Cc1cn(CC=Nc2ccccc2O[SiH](C)C)nc1C. The highest BCUT2D eigenvalue weighted by Crippen LogP contribution is 2.26. The molecule has 2 aromatic rings. The number of aryl methyl sites for hydroxylation is 2.